The highest BCUT2D eigenvalue weighted by Crippen LogP contribution is 2.30. The lowest BCUT2D eigenvalue weighted by molar-refractivity contribution is -0.131. The molecule has 7 nitrogen and oxygen atoms in total. The quantitative estimate of drug-likeness (QED) is 0.162. The van der Waals surface area contributed by atoms with Gasteiger partial charge in [0.15, 0.2) is 8.68 Å². The first-order chi connectivity index (χ1) is 15.0. The number of hydrogen-bond acceptors (Lipinski definition) is 9. The summed E-state index contributed by atoms with van der Waals surface area (Å²) in [7, 11) is 0. The molecular weight excluding hydrogens is 452 g/mol. The fourth-order valence-electron chi connectivity index (χ4n) is 2.33. The van der Waals surface area contributed by atoms with Crippen molar-refractivity contribution < 1.29 is 14.3 Å². The van der Waals surface area contributed by atoms with Crippen LogP contribution in [0.4, 0.5) is 0 Å². The number of carbonyl (C=O) groups excluding carboxylic acids is 2. The lowest BCUT2D eigenvalue weighted by Gasteiger charge is -2.04. The van der Waals surface area contributed by atoms with Gasteiger partial charge in [0, 0.05) is 12.7 Å². The third-order valence-corrected chi connectivity index (χ3v) is 7.06. The van der Waals surface area contributed by atoms with Crippen molar-refractivity contribution in [2.24, 2.45) is 5.10 Å². The van der Waals surface area contributed by atoms with Gasteiger partial charge in [-0.3, -0.25) is 9.59 Å². The second-order valence-electron chi connectivity index (χ2n) is 6.25. The first-order valence-corrected chi connectivity index (χ1v) is 12.0. The predicted octanol–water partition coefficient (Wildman–Crippen LogP) is 4.39. The van der Waals surface area contributed by atoms with E-state index >= 15 is 0 Å². The maximum Gasteiger partial charge on any atom is 0.308 e. The van der Waals surface area contributed by atoms with E-state index in [1.807, 2.05) is 18.2 Å². The standard InChI is InChI=1S/C21H20N4O3S3/c1-14(17-8-10-18(11-9-17)28-15(2)26)22-23-19(27)13-30-21-25-24-20(31-21)29-12-16-6-4-3-5-7-16/h3-11H,12-13H2,1-2H3,(H,23,27). The van der Waals surface area contributed by atoms with Crippen LogP contribution in [0.15, 0.2) is 68.4 Å². The SMILES string of the molecule is CC(=O)Oc1ccc(C(C)=NNC(=O)CSc2nnc(SCc3ccccc3)s2)cc1. The van der Waals surface area contributed by atoms with E-state index in [9.17, 15) is 9.59 Å². The number of hydrogen-bond donors (Lipinski definition) is 1. The van der Waals surface area contributed by atoms with Gasteiger partial charge in [0.05, 0.1) is 11.5 Å². The van der Waals surface area contributed by atoms with Crippen LogP contribution in [0.3, 0.4) is 0 Å². The van der Waals surface area contributed by atoms with E-state index in [-0.39, 0.29) is 17.6 Å². The highest BCUT2D eigenvalue weighted by atomic mass is 32.2. The molecule has 3 rings (SSSR count). The molecule has 1 amide bonds. The lowest BCUT2D eigenvalue weighted by Crippen LogP contribution is -2.21. The Morgan fingerprint density at radius 3 is 2.35 bits per heavy atom. The van der Waals surface area contributed by atoms with E-state index in [4.69, 9.17) is 4.74 Å². The van der Waals surface area contributed by atoms with Crippen molar-refractivity contribution in [3.63, 3.8) is 0 Å². The molecule has 0 saturated carbocycles. The van der Waals surface area contributed by atoms with E-state index in [0.717, 1.165) is 20.0 Å². The second-order valence-corrected chi connectivity index (χ2v) is 9.67. The summed E-state index contributed by atoms with van der Waals surface area (Å²) >= 11 is 4.43. The normalized spacial score (nSPS) is 11.2. The van der Waals surface area contributed by atoms with Gasteiger partial charge in [-0.1, -0.05) is 65.2 Å². The molecule has 1 heterocycles. The maximum absolute atomic E-state index is 12.1. The van der Waals surface area contributed by atoms with Gasteiger partial charge < -0.3 is 4.74 Å². The number of esters is 1. The molecule has 31 heavy (non-hydrogen) atoms. The molecule has 1 N–H and O–H groups in total. The van der Waals surface area contributed by atoms with Crippen LogP contribution in [0.25, 0.3) is 0 Å². The summed E-state index contributed by atoms with van der Waals surface area (Å²) in [6, 6.07) is 17.1. The number of thioether (sulfide) groups is 2. The number of nitrogens with zero attached hydrogens (tertiary/aromatic N) is 3. The summed E-state index contributed by atoms with van der Waals surface area (Å²) in [6.45, 7) is 3.13. The lowest BCUT2D eigenvalue weighted by atomic mass is 10.1. The second kappa shape index (κ2) is 11.6. The third kappa shape index (κ3) is 7.82. The molecular formula is C21H20N4O3S3. The average Bonchev–Trinajstić information content (AvgIpc) is 3.23. The van der Waals surface area contributed by atoms with Crippen molar-refractivity contribution in [2.75, 3.05) is 5.75 Å². The largest absolute Gasteiger partial charge is 0.427 e. The van der Waals surface area contributed by atoms with E-state index < -0.39 is 0 Å². The number of amides is 1. The molecule has 10 heteroatoms. The summed E-state index contributed by atoms with van der Waals surface area (Å²) in [5.74, 6) is 0.883. The Morgan fingerprint density at radius 1 is 1.00 bits per heavy atom. The Balaban J connectivity index is 1.43. The van der Waals surface area contributed by atoms with Crippen molar-refractivity contribution in [1.82, 2.24) is 15.6 Å². The summed E-state index contributed by atoms with van der Waals surface area (Å²) in [5, 5.41) is 12.4. The smallest absolute Gasteiger partial charge is 0.308 e. The first-order valence-electron chi connectivity index (χ1n) is 9.24. The number of aromatic nitrogens is 2. The van der Waals surface area contributed by atoms with E-state index in [0.29, 0.717) is 11.5 Å². The number of hydrazone groups is 1. The van der Waals surface area contributed by atoms with Gasteiger partial charge in [-0.2, -0.15) is 5.10 Å². The minimum absolute atomic E-state index is 0.195. The topological polar surface area (TPSA) is 93.5 Å². The summed E-state index contributed by atoms with van der Waals surface area (Å²) < 4.78 is 6.61. The van der Waals surface area contributed by atoms with Gasteiger partial charge in [-0.05, 0) is 42.3 Å². The maximum atomic E-state index is 12.1. The number of benzene rings is 2. The molecule has 1 aromatic heterocycles. The monoisotopic (exact) mass is 472 g/mol. The van der Waals surface area contributed by atoms with Crippen LogP contribution in [0.1, 0.15) is 25.0 Å². The van der Waals surface area contributed by atoms with Crippen molar-refractivity contribution in [3.8, 4) is 5.75 Å². The molecule has 0 atom stereocenters. The Morgan fingerprint density at radius 2 is 1.68 bits per heavy atom. The van der Waals surface area contributed by atoms with E-state index in [2.05, 4.69) is 32.9 Å². The molecule has 0 saturated heterocycles. The molecule has 0 spiro atoms. The van der Waals surface area contributed by atoms with E-state index in [1.165, 1.54) is 35.6 Å². The van der Waals surface area contributed by atoms with Crippen LogP contribution < -0.4 is 10.2 Å². The summed E-state index contributed by atoms with van der Waals surface area (Å²) in [5.41, 5.74) is 5.23. The van der Waals surface area contributed by atoms with Crippen LogP contribution in [0, 0.1) is 0 Å². The highest BCUT2D eigenvalue weighted by Gasteiger charge is 2.09. The number of rotatable bonds is 9. The molecule has 0 unspecified atom stereocenters. The van der Waals surface area contributed by atoms with Gasteiger partial charge >= 0.3 is 5.97 Å². The molecule has 3 aromatic rings. The molecule has 0 bridgehead atoms. The molecule has 160 valence electrons. The zero-order valence-corrected chi connectivity index (χ0v) is 19.4. The fraction of sp³-hybridized carbons (Fsp3) is 0.190. The summed E-state index contributed by atoms with van der Waals surface area (Å²) in [6.07, 6.45) is 0. The highest BCUT2D eigenvalue weighted by molar-refractivity contribution is 8.03. The van der Waals surface area contributed by atoms with Crippen molar-refractivity contribution >= 4 is 52.4 Å². The third-order valence-electron chi connectivity index (χ3n) is 3.80. The Kier molecular flexibility index (Phi) is 8.63. The van der Waals surface area contributed by atoms with Crippen LogP contribution in [0.2, 0.25) is 0 Å². The Labute approximate surface area is 192 Å². The van der Waals surface area contributed by atoms with Crippen molar-refractivity contribution in [3.05, 3.63) is 65.7 Å². The fourth-order valence-corrected chi connectivity index (χ4v) is 5.10. The van der Waals surface area contributed by atoms with Crippen LogP contribution in [-0.4, -0.2) is 33.5 Å². The molecule has 0 radical (unpaired) electrons. The summed E-state index contributed by atoms with van der Waals surface area (Å²) in [4.78, 5) is 23.1. The molecule has 2 aromatic carbocycles. The van der Waals surface area contributed by atoms with Crippen molar-refractivity contribution in [1.29, 1.82) is 0 Å². The first kappa shape index (κ1) is 23.0. The molecule has 0 aliphatic carbocycles. The minimum Gasteiger partial charge on any atom is -0.427 e. The molecule has 0 aliphatic rings. The van der Waals surface area contributed by atoms with Crippen LogP contribution >= 0.6 is 34.9 Å². The molecule has 0 aliphatic heterocycles. The number of nitrogens with one attached hydrogen (secondary N) is 1. The van der Waals surface area contributed by atoms with Gasteiger partial charge in [-0.15, -0.1) is 10.2 Å². The number of carbonyl (C=O) groups is 2. The van der Waals surface area contributed by atoms with Gasteiger partial charge in [0.1, 0.15) is 5.75 Å². The van der Waals surface area contributed by atoms with Crippen molar-refractivity contribution in [2.45, 2.75) is 28.3 Å². The van der Waals surface area contributed by atoms with Gasteiger partial charge in [0.25, 0.3) is 5.91 Å². The number of ether oxygens (including phenoxy) is 1. The predicted molar refractivity (Wildman–Crippen MR) is 125 cm³/mol. The minimum atomic E-state index is -0.375. The molecule has 0 fully saturated rings. The van der Waals surface area contributed by atoms with Crippen LogP contribution in [-0.2, 0) is 15.3 Å². The average molecular weight is 473 g/mol. The zero-order valence-electron chi connectivity index (χ0n) is 16.9. The van der Waals surface area contributed by atoms with Crippen LogP contribution in [0.5, 0.6) is 5.75 Å². The van der Waals surface area contributed by atoms with Gasteiger partial charge in [0.2, 0.25) is 0 Å². The van der Waals surface area contributed by atoms with Gasteiger partial charge in [-0.25, -0.2) is 5.43 Å². The Bertz CT molecular complexity index is 1050. The van der Waals surface area contributed by atoms with E-state index in [1.54, 1.807) is 43.0 Å². The zero-order chi connectivity index (χ0) is 22.1. The Hall–Kier alpha value is -2.69.